The highest BCUT2D eigenvalue weighted by atomic mass is 16.5. The molecule has 0 aromatic heterocycles. The van der Waals surface area contributed by atoms with Gasteiger partial charge in [0.05, 0.1) is 25.8 Å². The quantitative estimate of drug-likeness (QED) is 0.808. The van der Waals surface area contributed by atoms with Crippen LogP contribution in [0, 0.1) is 6.92 Å². The van der Waals surface area contributed by atoms with Gasteiger partial charge in [0.2, 0.25) is 5.91 Å². The van der Waals surface area contributed by atoms with Gasteiger partial charge in [-0.1, -0.05) is 6.07 Å². The van der Waals surface area contributed by atoms with Crippen molar-refractivity contribution in [3.8, 4) is 5.75 Å². The number of methoxy groups -OCH3 is 1. The number of Topliss-reactive ketones (excluding diaryl/α,β-unsaturated/α-hetero) is 1. The Morgan fingerprint density at radius 2 is 2.26 bits per heavy atom. The molecule has 0 aliphatic carbocycles. The lowest BCUT2D eigenvalue weighted by Gasteiger charge is -2.25. The van der Waals surface area contributed by atoms with Crippen LogP contribution in [0.2, 0.25) is 0 Å². The van der Waals surface area contributed by atoms with Crippen LogP contribution < -0.4 is 10.1 Å². The monoisotopic (exact) mass is 262 g/mol. The lowest BCUT2D eigenvalue weighted by molar-refractivity contribution is -0.123. The molecule has 1 N–H and O–H groups in total. The molecule has 19 heavy (non-hydrogen) atoms. The maximum Gasteiger partial charge on any atom is 0.234 e. The highest BCUT2D eigenvalue weighted by molar-refractivity contribution is 6.00. The number of hydrogen-bond donors (Lipinski definition) is 1. The molecule has 102 valence electrons. The van der Waals surface area contributed by atoms with Gasteiger partial charge in [0, 0.05) is 13.1 Å². The van der Waals surface area contributed by atoms with Crippen molar-refractivity contribution in [2.45, 2.75) is 6.92 Å². The molecule has 1 fully saturated rings. The van der Waals surface area contributed by atoms with Gasteiger partial charge in [-0.2, -0.15) is 0 Å². The molecule has 1 amide bonds. The SMILES string of the molecule is COc1cc(C)ccc1C(=O)CN1CCNC(=O)C1. The highest BCUT2D eigenvalue weighted by Crippen LogP contribution is 2.20. The van der Waals surface area contributed by atoms with Gasteiger partial charge >= 0.3 is 0 Å². The van der Waals surface area contributed by atoms with E-state index in [0.717, 1.165) is 5.56 Å². The second-order valence-electron chi connectivity index (χ2n) is 4.69. The molecule has 5 heteroatoms. The number of carbonyl (C=O) groups excluding carboxylic acids is 2. The van der Waals surface area contributed by atoms with Crippen LogP contribution in [0.25, 0.3) is 0 Å². The van der Waals surface area contributed by atoms with E-state index in [-0.39, 0.29) is 24.8 Å². The zero-order valence-electron chi connectivity index (χ0n) is 11.2. The van der Waals surface area contributed by atoms with Crippen molar-refractivity contribution in [1.29, 1.82) is 0 Å². The zero-order chi connectivity index (χ0) is 13.8. The zero-order valence-corrected chi connectivity index (χ0v) is 11.2. The van der Waals surface area contributed by atoms with E-state index in [0.29, 0.717) is 24.4 Å². The molecular weight excluding hydrogens is 244 g/mol. The predicted octanol–water partition coefficient (Wildman–Crippen LogP) is 0.618. The van der Waals surface area contributed by atoms with Crippen molar-refractivity contribution >= 4 is 11.7 Å². The van der Waals surface area contributed by atoms with Crippen LogP contribution in [0.3, 0.4) is 0 Å². The number of aryl methyl sites for hydroxylation is 1. The fourth-order valence-electron chi connectivity index (χ4n) is 2.14. The van der Waals surface area contributed by atoms with Crippen molar-refractivity contribution in [2.75, 3.05) is 33.3 Å². The Balaban J connectivity index is 2.09. The molecule has 1 aromatic carbocycles. The number of carbonyl (C=O) groups is 2. The minimum absolute atomic E-state index is 0.0217. The smallest absolute Gasteiger partial charge is 0.234 e. The van der Waals surface area contributed by atoms with Crippen LogP contribution in [0.5, 0.6) is 5.75 Å². The van der Waals surface area contributed by atoms with Crippen LogP contribution >= 0.6 is 0 Å². The molecular formula is C14H18N2O3. The van der Waals surface area contributed by atoms with Crippen LogP contribution in [0.1, 0.15) is 15.9 Å². The van der Waals surface area contributed by atoms with E-state index in [9.17, 15) is 9.59 Å². The van der Waals surface area contributed by atoms with E-state index in [1.165, 1.54) is 0 Å². The Morgan fingerprint density at radius 1 is 1.47 bits per heavy atom. The van der Waals surface area contributed by atoms with Crippen molar-refractivity contribution in [1.82, 2.24) is 10.2 Å². The van der Waals surface area contributed by atoms with Gasteiger partial charge in [-0.3, -0.25) is 14.5 Å². The highest BCUT2D eigenvalue weighted by Gasteiger charge is 2.20. The minimum atomic E-state index is -0.0325. The Hall–Kier alpha value is -1.88. The number of ether oxygens (including phenoxy) is 1. The lowest BCUT2D eigenvalue weighted by atomic mass is 10.1. The summed E-state index contributed by atoms with van der Waals surface area (Å²) in [5, 5.41) is 2.74. The number of rotatable bonds is 4. The van der Waals surface area contributed by atoms with E-state index in [2.05, 4.69) is 5.32 Å². The van der Waals surface area contributed by atoms with Gasteiger partial charge in [-0.25, -0.2) is 0 Å². The summed E-state index contributed by atoms with van der Waals surface area (Å²) in [6.07, 6.45) is 0. The number of benzene rings is 1. The second-order valence-corrected chi connectivity index (χ2v) is 4.69. The largest absolute Gasteiger partial charge is 0.496 e. The Bertz CT molecular complexity index is 499. The number of piperazine rings is 1. The average Bonchev–Trinajstić information content (AvgIpc) is 2.38. The maximum atomic E-state index is 12.3. The molecule has 0 saturated carbocycles. The summed E-state index contributed by atoms with van der Waals surface area (Å²) in [6, 6.07) is 5.51. The van der Waals surface area contributed by atoms with Crippen molar-refractivity contribution in [3.63, 3.8) is 0 Å². The van der Waals surface area contributed by atoms with Crippen molar-refractivity contribution < 1.29 is 14.3 Å². The molecule has 0 bridgehead atoms. The molecule has 2 rings (SSSR count). The summed E-state index contributed by atoms with van der Waals surface area (Å²) < 4.78 is 5.24. The van der Waals surface area contributed by atoms with E-state index < -0.39 is 0 Å². The maximum absolute atomic E-state index is 12.3. The summed E-state index contributed by atoms with van der Waals surface area (Å²) >= 11 is 0. The second kappa shape index (κ2) is 5.84. The number of nitrogens with zero attached hydrogens (tertiary/aromatic N) is 1. The molecule has 0 unspecified atom stereocenters. The summed E-state index contributed by atoms with van der Waals surface area (Å²) in [4.78, 5) is 25.4. The molecule has 1 saturated heterocycles. The normalized spacial score (nSPS) is 16.0. The first-order chi connectivity index (χ1) is 9.10. The predicted molar refractivity (Wildman–Crippen MR) is 71.5 cm³/mol. The van der Waals surface area contributed by atoms with Crippen molar-refractivity contribution in [2.24, 2.45) is 0 Å². The number of ketones is 1. The fraction of sp³-hybridized carbons (Fsp3) is 0.429. The van der Waals surface area contributed by atoms with Gasteiger partial charge in [0.15, 0.2) is 5.78 Å². The fourth-order valence-corrected chi connectivity index (χ4v) is 2.14. The van der Waals surface area contributed by atoms with Crippen molar-refractivity contribution in [3.05, 3.63) is 29.3 Å². The number of amides is 1. The van der Waals surface area contributed by atoms with E-state index in [1.54, 1.807) is 13.2 Å². The molecule has 0 spiro atoms. The molecule has 5 nitrogen and oxygen atoms in total. The van der Waals surface area contributed by atoms with E-state index in [4.69, 9.17) is 4.74 Å². The summed E-state index contributed by atoms with van der Waals surface area (Å²) in [5.41, 5.74) is 1.62. The van der Waals surface area contributed by atoms with Crippen LogP contribution in [-0.2, 0) is 4.79 Å². The summed E-state index contributed by atoms with van der Waals surface area (Å²) in [7, 11) is 1.56. The van der Waals surface area contributed by atoms with Crippen LogP contribution in [0.15, 0.2) is 18.2 Å². The Morgan fingerprint density at radius 3 is 2.95 bits per heavy atom. The van der Waals surface area contributed by atoms with Gasteiger partial charge in [-0.15, -0.1) is 0 Å². The van der Waals surface area contributed by atoms with Gasteiger partial charge < -0.3 is 10.1 Å². The topological polar surface area (TPSA) is 58.6 Å². The van der Waals surface area contributed by atoms with Gasteiger partial charge in [0.1, 0.15) is 5.75 Å². The third kappa shape index (κ3) is 3.32. The van der Waals surface area contributed by atoms with Gasteiger partial charge in [-0.05, 0) is 24.6 Å². The molecule has 0 radical (unpaired) electrons. The van der Waals surface area contributed by atoms with Gasteiger partial charge in [0.25, 0.3) is 0 Å². The molecule has 0 atom stereocenters. The van der Waals surface area contributed by atoms with E-state index in [1.807, 2.05) is 24.0 Å². The first-order valence-electron chi connectivity index (χ1n) is 6.27. The van der Waals surface area contributed by atoms with Crippen LogP contribution in [0.4, 0.5) is 0 Å². The Kier molecular flexibility index (Phi) is 4.16. The summed E-state index contributed by atoms with van der Waals surface area (Å²) in [6.45, 7) is 3.77. The molecule has 1 aromatic rings. The minimum Gasteiger partial charge on any atom is -0.496 e. The molecule has 1 heterocycles. The average molecular weight is 262 g/mol. The molecule has 1 aliphatic heterocycles. The number of hydrogen-bond acceptors (Lipinski definition) is 4. The first-order valence-corrected chi connectivity index (χ1v) is 6.27. The van der Waals surface area contributed by atoms with E-state index >= 15 is 0 Å². The standard InChI is InChI=1S/C14H18N2O3/c1-10-3-4-11(13(7-10)19-2)12(17)8-16-6-5-15-14(18)9-16/h3-4,7H,5-6,8-9H2,1-2H3,(H,15,18). The van der Waals surface area contributed by atoms with Crippen LogP contribution in [-0.4, -0.2) is 49.9 Å². The lowest BCUT2D eigenvalue weighted by Crippen LogP contribution is -2.49. The summed E-state index contributed by atoms with van der Waals surface area (Å²) in [5.74, 6) is 0.535. The Labute approximate surface area is 112 Å². The third-order valence-electron chi connectivity index (χ3n) is 3.14. The molecule has 1 aliphatic rings. The third-order valence-corrected chi connectivity index (χ3v) is 3.14. The number of nitrogens with one attached hydrogen (secondary N) is 1. The first kappa shape index (κ1) is 13.5.